The lowest BCUT2D eigenvalue weighted by molar-refractivity contribution is 1.26. The van der Waals surface area contributed by atoms with Gasteiger partial charge in [-0.05, 0) is 72.8 Å². The van der Waals surface area contributed by atoms with Crippen LogP contribution in [0, 0.1) is 0 Å². The molecular formula is C32H34B2N2P2. The lowest BCUT2D eigenvalue weighted by atomic mass is 10.4. The molecule has 6 rings (SSSR count). The molecule has 0 unspecified atom stereocenters. The Morgan fingerprint density at radius 2 is 0.526 bits per heavy atom. The van der Waals surface area contributed by atoms with Crippen LogP contribution in [0.1, 0.15) is 0 Å². The molecule has 0 saturated heterocycles. The normalized spacial score (nSPS) is 11.4. The monoisotopic (exact) mass is 530 g/mol. The van der Waals surface area contributed by atoms with Crippen molar-refractivity contribution < 1.29 is 0 Å². The molecule has 2 aromatic heterocycles. The molecule has 6 aromatic rings. The number of hydrogen-bond donors (Lipinski definition) is 0. The summed E-state index contributed by atoms with van der Waals surface area (Å²) in [6.45, 7) is 0. The molecule has 0 atom stereocenters. The van der Waals surface area contributed by atoms with Crippen LogP contribution in [0.4, 0.5) is 0 Å². The summed E-state index contributed by atoms with van der Waals surface area (Å²) in [6.07, 6.45) is 8.95. The van der Waals surface area contributed by atoms with Crippen molar-refractivity contribution in [3.05, 3.63) is 170 Å². The fourth-order valence-electron chi connectivity index (χ4n) is 4.03. The molecule has 0 bridgehead atoms. The third-order valence-corrected chi connectivity index (χ3v) is 10.2. The maximum Gasteiger partial charge on any atom is 0.162 e. The van der Waals surface area contributed by atoms with Gasteiger partial charge < -0.3 is 0 Å². The van der Waals surface area contributed by atoms with Crippen molar-refractivity contribution in [2.45, 2.75) is 0 Å². The van der Waals surface area contributed by atoms with E-state index in [9.17, 15) is 0 Å². The minimum absolute atomic E-state index is 0.119. The van der Waals surface area contributed by atoms with E-state index >= 15 is 0 Å². The van der Waals surface area contributed by atoms with Gasteiger partial charge in [-0.25, -0.2) is 0 Å². The van der Waals surface area contributed by atoms with Gasteiger partial charge in [0, 0.05) is 39.4 Å². The molecule has 0 aliphatic heterocycles. The molecule has 0 saturated carbocycles. The average Bonchev–Trinajstić information content (AvgIpc) is 3.75. The van der Waals surface area contributed by atoms with E-state index in [1.54, 1.807) is 0 Å². The van der Waals surface area contributed by atoms with E-state index in [-0.39, 0.29) is 15.1 Å². The van der Waals surface area contributed by atoms with E-state index in [1.165, 1.54) is 21.2 Å². The summed E-state index contributed by atoms with van der Waals surface area (Å²) < 4.78 is 4.97. The predicted molar refractivity (Wildman–Crippen MR) is 178 cm³/mol. The minimum Gasteiger partial charge on any atom is -0.267 e. The summed E-state index contributed by atoms with van der Waals surface area (Å²) in [5.74, 6) is 0. The van der Waals surface area contributed by atoms with Crippen molar-refractivity contribution in [3.8, 4) is 0 Å². The van der Waals surface area contributed by atoms with E-state index < -0.39 is 14.6 Å². The van der Waals surface area contributed by atoms with Gasteiger partial charge in [0.15, 0.2) is 15.1 Å². The van der Waals surface area contributed by atoms with E-state index in [1.807, 2.05) is 0 Å². The highest BCUT2D eigenvalue weighted by molar-refractivity contribution is 8.07. The molecule has 0 amide bonds. The first-order chi connectivity index (χ1) is 18.6. The maximum absolute atomic E-state index is 2.48. The zero-order valence-corrected chi connectivity index (χ0v) is 21.7. The summed E-state index contributed by atoms with van der Waals surface area (Å²) in [7, 11) is -2.39. The zero-order chi connectivity index (χ0) is 26.3. The summed E-state index contributed by atoms with van der Waals surface area (Å²) in [6, 6.07) is 52.7. The highest BCUT2D eigenvalue weighted by Crippen LogP contribution is 2.53. The summed E-state index contributed by atoms with van der Waals surface area (Å²) in [4.78, 5) is 0. The SMILES string of the molecule is [BH3-][P+](c1ccccc1)(c1ccccc1)n1cccc1.[BH3-][P+](c1ccccc1)(c1ccccc1)n1cccc1. The fourth-order valence-corrected chi connectivity index (χ4v) is 8.35. The summed E-state index contributed by atoms with van der Waals surface area (Å²) >= 11 is 0. The van der Waals surface area contributed by atoms with Gasteiger partial charge in [-0.3, -0.25) is 8.68 Å². The maximum atomic E-state index is 2.48. The van der Waals surface area contributed by atoms with Crippen LogP contribution in [0.5, 0.6) is 0 Å². The van der Waals surface area contributed by atoms with Gasteiger partial charge in [0.1, 0.15) is 0 Å². The second kappa shape index (κ2) is 11.9. The first kappa shape index (κ1) is 26.1. The molecule has 38 heavy (non-hydrogen) atoms. The Morgan fingerprint density at radius 1 is 0.316 bits per heavy atom. The van der Waals surface area contributed by atoms with Crippen LogP contribution in [-0.4, -0.2) is 23.8 Å². The minimum atomic E-state index is -1.31. The topological polar surface area (TPSA) is 9.86 Å². The third-order valence-electron chi connectivity index (χ3n) is 5.64. The molecule has 0 radical (unpaired) electrons. The van der Waals surface area contributed by atoms with E-state index in [2.05, 4.69) is 179 Å². The van der Waals surface area contributed by atoms with E-state index in [0.29, 0.717) is 0 Å². The standard InChI is InChI=1S/2C16H17BNP/c2*17-19(18-13-7-8-14-18,15-9-3-1-4-10-15)16-11-5-2-6-12-16/h2*1-14H,17H3. The molecule has 0 aliphatic carbocycles. The van der Waals surface area contributed by atoms with Gasteiger partial charge in [-0.15, -0.1) is 0 Å². The van der Waals surface area contributed by atoms with Gasteiger partial charge in [-0.1, -0.05) is 72.8 Å². The lowest BCUT2D eigenvalue weighted by Crippen LogP contribution is -2.27. The molecule has 4 aromatic carbocycles. The first-order valence-corrected chi connectivity index (χ1v) is 14.6. The first-order valence-electron chi connectivity index (χ1n) is 12.0. The largest absolute Gasteiger partial charge is 0.267 e. The van der Waals surface area contributed by atoms with Gasteiger partial charge in [0.2, 0.25) is 0 Å². The Hall–Kier alpha value is -3.57. The Labute approximate surface area is 229 Å². The van der Waals surface area contributed by atoms with Crippen LogP contribution in [0.2, 0.25) is 0 Å². The van der Waals surface area contributed by atoms with Crippen molar-refractivity contribution in [2.75, 3.05) is 0 Å². The van der Waals surface area contributed by atoms with Crippen molar-refractivity contribution in [2.24, 2.45) is 0 Å². The van der Waals surface area contributed by atoms with Crippen LogP contribution in [-0.2, 0) is 0 Å². The Kier molecular flexibility index (Phi) is 8.14. The molecule has 0 N–H and O–H groups in total. The number of aromatic nitrogens is 2. The van der Waals surface area contributed by atoms with Crippen LogP contribution >= 0.6 is 14.6 Å². The van der Waals surface area contributed by atoms with Crippen molar-refractivity contribution in [3.63, 3.8) is 0 Å². The van der Waals surface area contributed by atoms with Gasteiger partial charge in [0.25, 0.3) is 0 Å². The molecule has 0 fully saturated rings. The number of nitrogens with zero attached hydrogens (tertiary/aromatic N) is 2. The second-order valence-electron chi connectivity index (χ2n) is 8.09. The van der Waals surface area contributed by atoms with Crippen molar-refractivity contribution >= 4 is 50.9 Å². The smallest absolute Gasteiger partial charge is 0.162 e. The average molecular weight is 530 g/mol. The summed E-state index contributed by atoms with van der Waals surface area (Å²) in [5.41, 5.74) is 0. The van der Waals surface area contributed by atoms with Crippen molar-refractivity contribution in [1.29, 1.82) is 0 Å². The highest BCUT2D eigenvalue weighted by atomic mass is 31.2. The summed E-state index contributed by atoms with van der Waals surface area (Å²) in [5, 5.41) is 6.05. The van der Waals surface area contributed by atoms with Gasteiger partial charge >= 0.3 is 0 Å². The van der Waals surface area contributed by atoms with Crippen LogP contribution in [0.3, 0.4) is 0 Å². The molecule has 2 nitrogen and oxygen atoms in total. The molecule has 6 heteroatoms. The zero-order valence-electron chi connectivity index (χ0n) is 20.0. The fraction of sp³-hybridized carbons (Fsp3) is 0. The highest BCUT2D eigenvalue weighted by Gasteiger charge is 2.32. The van der Waals surface area contributed by atoms with Gasteiger partial charge in [-0.2, -0.15) is 0 Å². The molecular weight excluding hydrogens is 496 g/mol. The lowest BCUT2D eigenvalue weighted by Gasteiger charge is -2.30. The molecule has 2 heterocycles. The van der Waals surface area contributed by atoms with E-state index in [4.69, 9.17) is 0 Å². The third kappa shape index (κ3) is 5.21. The molecule has 188 valence electrons. The second-order valence-corrected chi connectivity index (χ2v) is 12.3. The number of benzene rings is 4. The predicted octanol–water partition coefficient (Wildman–Crippen LogP) is 4.40. The van der Waals surface area contributed by atoms with Crippen LogP contribution < -0.4 is 21.2 Å². The number of rotatable bonds is 6. The molecule has 0 aliphatic rings. The molecule has 0 spiro atoms. The van der Waals surface area contributed by atoms with E-state index in [0.717, 1.165) is 0 Å². The van der Waals surface area contributed by atoms with Crippen LogP contribution in [0.25, 0.3) is 0 Å². The quantitative estimate of drug-likeness (QED) is 0.223. The van der Waals surface area contributed by atoms with Crippen LogP contribution in [0.15, 0.2) is 170 Å². The Balaban J connectivity index is 0.000000155. The van der Waals surface area contributed by atoms with Crippen molar-refractivity contribution in [1.82, 2.24) is 8.68 Å². The number of hydrogen-bond acceptors (Lipinski definition) is 0. The van der Waals surface area contributed by atoms with Gasteiger partial charge in [0.05, 0.1) is 21.2 Å². The Bertz CT molecular complexity index is 1310. The Morgan fingerprint density at radius 3 is 0.737 bits per heavy atom.